The van der Waals surface area contributed by atoms with Gasteiger partial charge in [-0.15, -0.1) is 0 Å². The van der Waals surface area contributed by atoms with E-state index in [1.807, 2.05) is 0 Å². The molecule has 0 spiro atoms. The van der Waals surface area contributed by atoms with E-state index in [1.54, 1.807) is 0 Å². The Hall–Kier alpha value is -4.24. The number of hydrogen-bond donors (Lipinski definition) is 2. The summed E-state index contributed by atoms with van der Waals surface area (Å²) in [4.78, 5) is 23.0. The summed E-state index contributed by atoms with van der Waals surface area (Å²) in [7, 11) is 0. The highest BCUT2D eigenvalue weighted by Crippen LogP contribution is 2.39. The van der Waals surface area contributed by atoms with Gasteiger partial charge in [-0.05, 0) is 35.4 Å². The van der Waals surface area contributed by atoms with Crippen molar-refractivity contribution >= 4 is 23.2 Å². The second kappa shape index (κ2) is 11.4. The maximum Gasteiger partial charge on any atom is 0.449 e. The van der Waals surface area contributed by atoms with E-state index in [9.17, 15) is 53.5 Å². The Balaban J connectivity index is 2.56. The topological polar surface area (TPSA) is 76.7 Å². The molecular weight excluding hydrogens is 546 g/mol. The van der Waals surface area contributed by atoms with E-state index in [0.29, 0.717) is 0 Å². The molecule has 2 N–H and O–H groups in total. The van der Waals surface area contributed by atoms with E-state index >= 15 is 0 Å². The minimum Gasteiger partial charge on any atom is -0.427 e. The Kier molecular flexibility index (Phi) is 9.02. The third-order valence-corrected chi connectivity index (χ3v) is 4.16. The Morgan fingerprint density at radius 2 is 0.947 bits per heavy atom. The molecule has 0 bridgehead atoms. The molecule has 0 aliphatic heterocycles. The highest BCUT2D eigenvalue weighted by molar-refractivity contribution is 5.93. The number of hydrogen-bond acceptors (Lipinski definition) is 4. The first-order valence-corrected chi connectivity index (χ1v) is 9.84. The third-order valence-electron chi connectivity index (χ3n) is 4.16. The fourth-order valence-electron chi connectivity index (χ4n) is 2.68. The molecule has 0 aliphatic carbocycles. The Labute approximate surface area is 206 Å². The average Bonchev–Trinajstić information content (AvgIpc) is 2.78. The molecule has 0 unspecified atom stereocenters. The fourth-order valence-corrected chi connectivity index (χ4v) is 2.68. The highest BCUT2D eigenvalue weighted by Gasteiger charge is 2.40. The van der Waals surface area contributed by atoms with E-state index in [2.05, 4.69) is 20.1 Å². The number of carbonyl (C=O) groups excluding carboxylic acids is 2. The quantitative estimate of drug-likeness (QED) is 0.274. The molecule has 206 valence electrons. The largest absolute Gasteiger partial charge is 0.449 e. The molecule has 16 heteroatoms. The van der Waals surface area contributed by atoms with E-state index in [0.717, 1.165) is 50.2 Å². The lowest BCUT2D eigenvalue weighted by Crippen LogP contribution is -2.13. The first-order valence-electron chi connectivity index (χ1n) is 9.84. The van der Waals surface area contributed by atoms with Crippen LogP contribution < -0.4 is 20.1 Å². The van der Waals surface area contributed by atoms with Gasteiger partial charge in [0, 0.05) is 13.8 Å². The van der Waals surface area contributed by atoms with Crippen LogP contribution in [0.25, 0.3) is 11.1 Å². The van der Waals surface area contributed by atoms with Gasteiger partial charge in [0.15, 0.2) is 11.5 Å². The van der Waals surface area contributed by atoms with Crippen molar-refractivity contribution in [3.8, 4) is 22.6 Å². The van der Waals surface area contributed by atoms with Crippen molar-refractivity contribution < 1.29 is 63.0 Å². The Morgan fingerprint density at radius 3 is 1.21 bits per heavy atom. The molecule has 2 aromatic rings. The van der Waals surface area contributed by atoms with Crippen LogP contribution in [-0.4, -0.2) is 24.2 Å². The monoisotopic (exact) mass is 560 g/mol. The van der Waals surface area contributed by atoms with Crippen molar-refractivity contribution in [2.75, 3.05) is 10.6 Å². The van der Waals surface area contributed by atoms with Crippen LogP contribution >= 0.6 is 0 Å². The predicted octanol–water partition coefficient (Wildman–Crippen LogP) is 7.37. The summed E-state index contributed by atoms with van der Waals surface area (Å²) in [5, 5.41) is 4.24. The lowest BCUT2D eigenvalue weighted by molar-refractivity contribution is -0.115. The number of anilines is 2. The van der Waals surface area contributed by atoms with Gasteiger partial charge >= 0.3 is 24.4 Å². The van der Waals surface area contributed by atoms with Crippen LogP contribution in [0.3, 0.4) is 0 Å². The zero-order valence-corrected chi connectivity index (χ0v) is 18.9. The lowest BCUT2D eigenvalue weighted by atomic mass is 10.0. The standard InChI is InChI=1S/C22H14F10N2O4/c1-9(35)33-13-7-11(3-5-15(13)37-19(25)17(23)21(27,28)29)12-4-6-16(14(8-12)34-10(2)36)38-20(26)18(24)22(30,31)32/h3-8H,1-2H3,(H,33,35)(H,34,36). The number of ether oxygens (including phenoxy) is 2. The summed E-state index contributed by atoms with van der Waals surface area (Å²) in [5.41, 5.74) is -0.750. The van der Waals surface area contributed by atoms with Crippen molar-refractivity contribution in [1.29, 1.82) is 0 Å². The number of carbonyl (C=O) groups is 2. The highest BCUT2D eigenvalue weighted by atomic mass is 19.4. The molecule has 0 aliphatic rings. The molecule has 2 amide bonds. The van der Waals surface area contributed by atoms with Crippen molar-refractivity contribution in [1.82, 2.24) is 0 Å². The van der Waals surface area contributed by atoms with E-state index in [-0.39, 0.29) is 11.1 Å². The van der Waals surface area contributed by atoms with Crippen LogP contribution in [0.15, 0.2) is 60.1 Å². The summed E-state index contributed by atoms with van der Waals surface area (Å²) in [6.45, 7) is 1.95. The van der Waals surface area contributed by atoms with Crippen LogP contribution in [-0.2, 0) is 9.59 Å². The number of rotatable bonds is 7. The van der Waals surface area contributed by atoms with Gasteiger partial charge in [-0.3, -0.25) is 9.59 Å². The third kappa shape index (κ3) is 7.88. The van der Waals surface area contributed by atoms with Gasteiger partial charge in [0.05, 0.1) is 11.4 Å². The number of amides is 2. The van der Waals surface area contributed by atoms with Crippen molar-refractivity contribution in [2.45, 2.75) is 26.2 Å². The zero-order chi connectivity index (χ0) is 29.0. The fraction of sp³-hybridized carbons (Fsp3) is 0.182. The summed E-state index contributed by atoms with van der Waals surface area (Å²) >= 11 is 0. The van der Waals surface area contributed by atoms with Gasteiger partial charge in [0.25, 0.3) is 11.7 Å². The van der Waals surface area contributed by atoms with Gasteiger partial charge < -0.3 is 20.1 Å². The SMILES string of the molecule is CC(=O)Nc1cc(-c2ccc(OC(F)=C(F)C(F)(F)F)c(NC(C)=O)c2)ccc1OC(F)=C(F)C(F)(F)F. The van der Waals surface area contributed by atoms with Crippen LogP contribution in [0, 0.1) is 0 Å². The Bertz CT molecular complexity index is 1200. The molecule has 0 atom stereocenters. The molecule has 0 saturated carbocycles. The average molecular weight is 560 g/mol. The first kappa shape index (κ1) is 30.0. The first-order chi connectivity index (χ1) is 17.4. The van der Waals surface area contributed by atoms with E-state index in [1.165, 1.54) is 0 Å². The van der Waals surface area contributed by atoms with Crippen molar-refractivity contribution in [2.24, 2.45) is 0 Å². The van der Waals surface area contributed by atoms with Gasteiger partial charge in [-0.1, -0.05) is 12.1 Å². The van der Waals surface area contributed by atoms with Crippen LogP contribution in [0.4, 0.5) is 55.3 Å². The maximum absolute atomic E-state index is 13.6. The molecule has 0 radical (unpaired) electrons. The van der Waals surface area contributed by atoms with Crippen LogP contribution in [0.2, 0.25) is 0 Å². The maximum atomic E-state index is 13.6. The van der Waals surface area contributed by atoms with Gasteiger partial charge in [0.1, 0.15) is 0 Å². The molecule has 6 nitrogen and oxygen atoms in total. The lowest BCUT2D eigenvalue weighted by Gasteiger charge is -2.15. The van der Waals surface area contributed by atoms with Crippen molar-refractivity contribution in [3.63, 3.8) is 0 Å². The number of halogens is 10. The second-order valence-electron chi connectivity index (χ2n) is 7.16. The number of nitrogens with one attached hydrogen (secondary N) is 2. The van der Waals surface area contributed by atoms with Crippen molar-refractivity contribution in [3.05, 3.63) is 60.1 Å². The number of benzene rings is 2. The summed E-state index contributed by atoms with van der Waals surface area (Å²) in [5.74, 6) is -9.45. The second-order valence-corrected chi connectivity index (χ2v) is 7.16. The molecule has 0 saturated heterocycles. The van der Waals surface area contributed by atoms with Gasteiger partial charge in [0.2, 0.25) is 11.8 Å². The smallest absolute Gasteiger partial charge is 0.427 e. The number of alkyl halides is 6. The minimum atomic E-state index is -5.69. The molecule has 2 aromatic carbocycles. The molecular formula is C22H14F10N2O4. The van der Waals surface area contributed by atoms with Crippen LogP contribution in [0.1, 0.15) is 13.8 Å². The molecule has 38 heavy (non-hydrogen) atoms. The van der Waals surface area contributed by atoms with Crippen LogP contribution in [0.5, 0.6) is 11.5 Å². The zero-order valence-electron chi connectivity index (χ0n) is 18.9. The number of allylic oxidation sites excluding steroid dienone is 2. The summed E-state index contributed by atoms with van der Waals surface area (Å²) in [6, 6.07) is 0.591. The molecule has 0 aromatic heterocycles. The molecule has 2 rings (SSSR count). The van der Waals surface area contributed by atoms with Gasteiger partial charge in [-0.2, -0.15) is 43.9 Å². The van der Waals surface area contributed by atoms with E-state index in [4.69, 9.17) is 0 Å². The predicted molar refractivity (Wildman–Crippen MR) is 112 cm³/mol. The molecule has 0 heterocycles. The van der Waals surface area contributed by atoms with Gasteiger partial charge in [-0.25, -0.2) is 0 Å². The summed E-state index contributed by atoms with van der Waals surface area (Å²) < 4.78 is 136. The normalized spacial score (nSPS) is 13.3. The minimum absolute atomic E-state index is 0.0671. The van der Waals surface area contributed by atoms with E-state index < -0.39 is 70.7 Å². The summed E-state index contributed by atoms with van der Waals surface area (Å²) in [6.07, 6.45) is -11.4. The molecule has 0 fully saturated rings. The Morgan fingerprint density at radius 1 is 0.632 bits per heavy atom.